The maximum absolute atomic E-state index is 14.6. The van der Waals surface area contributed by atoms with E-state index in [0.29, 0.717) is 24.4 Å². The fourth-order valence-electron chi connectivity index (χ4n) is 3.70. The van der Waals surface area contributed by atoms with E-state index in [1.807, 2.05) is 0 Å². The molecule has 2 aromatic carbocycles. The van der Waals surface area contributed by atoms with Crippen LogP contribution in [0.1, 0.15) is 44.3 Å². The summed E-state index contributed by atoms with van der Waals surface area (Å²) in [6.45, 7) is 2.49. The van der Waals surface area contributed by atoms with Gasteiger partial charge in [-0.25, -0.2) is 13.8 Å². The number of aryl methyl sites for hydroxylation is 2. The molecule has 0 radical (unpaired) electrons. The van der Waals surface area contributed by atoms with Crippen molar-refractivity contribution >= 4 is 23.2 Å². The maximum atomic E-state index is 14.6. The molecule has 0 saturated heterocycles. The van der Waals surface area contributed by atoms with E-state index in [0.717, 1.165) is 13.0 Å². The Hall–Kier alpha value is -4.10. The number of rotatable bonds is 6. The Morgan fingerprint density at radius 2 is 1.51 bits per heavy atom. The summed E-state index contributed by atoms with van der Waals surface area (Å²) in [5.41, 5.74) is -8.61. The predicted octanol–water partition coefficient (Wildman–Crippen LogP) is 7.02. The first kappa shape index (κ1) is 29.5. The Morgan fingerprint density at radius 1 is 0.872 bits per heavy atom. The molecule has 39 heavy (non-hydrogen) atoms. The minimum atomic E-state index is -6.30. The topological polar surface area (TPSA) is 71.1 Å². The van der Waals surface area contributed by atoms with Gasteiger partial charge in [-0.1, -0.05) is 19.1 Å². The normalized spacial score (nSPS) is 12.3. The lowest BCUT2D eigenvalue weighted by atomic mass is 9.89. The molecule has 3 aromatic rings. The number of hydrogen-bond donors (Lipinski definition) is 2. The summed E-state index contributed by atoms with van der Waals surface area (Å²) in [6.07, 6.45) is -12.1. The zero-order valence-electron chi connectivity index (χ0n) is 20.0. The van der Waals surface area contributed by atoms with Gasteiger partial charge in [0.25, 0.3) is 11.8 Å². The molecule has 2 amide bonds. The lowest BCUT2D eigenvalue weighted by Gasteiger charge is -2.31. The summed E-state index contributed by atoms with van der Waals surface area (Å²) in [5, 5.41) is 4.67. The number of nitrogens with one attached hydrogen (secondary N) is 2. The maximum Gasteiger partial charge on any atom is 0.435 e. The molecule has 14 heteroatoms. The highest BCUT2D eigenvalue weighted by molar-refractivity contribution is 6.07. The standard InChI is InChI=1S/C25H18F9N3O2/c1-3-13-8-15(23(28,24(29,30)31)25(32,33)34)7-12(2)20(13)37-21(38)14-5-4-6-16(9-14)36-22(39)17-11-35-19(27)10-18(17)26/h4-11H,3H2,1-2H3,(H,36,39)(H,37,38). The molecule has 0 bridgehead atoms. The van der Waals surface area contributed by atoms with Crippen molar-refractivity contribution in [2.45, 2.75) is 38.3 Å². The van der Waals surface area contributed by atoms with Gasteiger partial charge in [0.15, 0.2) is 0 Å². The van der Waals surface area contributed by atoms with Crippen LogP contribution in [0.15, 0.2) is 48.7 Å². The number of halogens is 9. The van der Waals surface area contributed by atoms with Crippen molar-refractivity contribution in [3.63, 3.8) is 0 Å². The molecule has 0 fully saturated rings. The number of benzene rings is 2. The molecule has 0 spiro atoms. The Labute approximate surface area is 215 Å². The molecule has 2 N–H and O–H groups in total. The van der Waals surface area contributed by atoms with Crippen molar-refractivity contribution in [2.24, 2.45) is 0 Å². The number of nitrogens with zero attached hydrogens (tertiary/aromatic N) is 1. The van der Waals surface area contributed by atoms with Crippen LogP contribution in [0.3, 0.4) is 0 Å². The van der Waals surface area contributed by atoms with E-state index >= 15 is 0 Å². The van der Waals surface area contributed by atoms with Gasteiger partial charge in [-0.3, -0.25) is 9.59 Å². The molecule has 0 aliphatic rings. The summed E-state index contributed by atoms with van der Waals surface area (Å²) in [5.74, 6) is -4.22. The van der Waals surface area contributed by atoms with Crippen molar-refractivity contribution in [2.75, 3.05) is 10.6 Å². The SMILES string of the molecule is CCc1cc(C(F)(C(F)(F)F)C(F)(F)F)cc(C)c1NC(=O)c1cccc(NC(=O)c2cnc(F)cc2F)c1. The lowest BCUT2D eigenvalue weighted by molar-refractivity contribution is -0.348. The molecule has 3 rings (SSSR count). The third-order valence-corrected chi connectivity index (χ3v) is 5.66. The van der Waals surface area contributed by atoms with Gasteiger partial charge in [-0.15, -0.1) is 0 Å². The van der Waals surface area contributed by atoms with E-state index in [-0.39, 0.29) is 34.5 Å². The summed E-state index contributed by atoms with van der Waals surface area (Å²) >= 11 is 0. The fraction of sp³-hybridized carbons (Fsp3) is 0.240. The van der Waals surface area contributed by atoms with E-state index in [9.17, 15) is 49.1 Å². The minimum absolute atomic E-state index is 0.00303. The van der Waals surface area contributed by atoms with Crippen molar-refractivity contribution in [3.05, 3.63) is 88.2 Å². The van der Waals surface area contributed by atoms with Crippen molar-refractivity contribution in [3.8, 4) is 0 Å². The Morgan fingerprint density at radius 3 is 2.08 bits per heavy atom. The highest BCUT2D eigenvalue weighted by atomic mass is 19.4. The van der Waals surface area contributed by atoms with Gasteiger partial charge in [0.05, 0.1) is 5.56 Å². The number of amides is 2. The van der Waals surface area contributed by atoms with E-state index in [2.05, 4.69) is 15.6 Å². The second kappa shape index (κ2) is 10.6. The lowest BCUT2D eigenvalue weighted by Crippen LogP contribution is -2.50. The fourth-order valence-corrected chi connectivity index (χ4v) is 3.70. The quantitative estimate of drug-likeness (QED) is 0.250. The van der Waals surface area contributed by atoms with Crippen LogP contribution in [0.25, 0.3) is 0 Å². The first-order valence-electron chi connectivity index (χ1n) is 11.0. The Balaban J connectivity index is 1.91. The third kappa shape index (κ3) is 5.83. The number of carbonyl (C=O) groups excluding carboxylic acids is 2. The zero-order valence-corrected chi connectivity index (χ0v) is 20.0. The summed E-state index contributed by atoms with van der Waals surface area (Å²) in [7, 11) is 0. The van der Waals surface area contributed by atoms with Gasteiger partial charge in [-0.05, 0) is 48.7 Å². The van der Waals surface area contributed by atoms with E-state index in [1.165, 1.54) is 25.1 Å². The number of anilines is 2. The van der Waals surface area contributed by atoms with Crippen LogP contribution in [0.2, 0.25) is 0 Å². The van der Waals surface area contributed by atoms with Gasteiger partial charge in [0, 0.05) is 34.8 Å². The van der Waals surface area contributed by atoms with Gasteiger partial charge >= 0.3 is 18.0 Å². The Bertz CT molecular complexity index is 1400. The number of alkyl halides is 7. The minimum Gasteiger partial charge on any atom is -0.322 e. The molecule has 0 aliphatic carbocycles. The first-order chi connectivity index (χ1) is 18.0. The highest BCUT2D eigenvalue weighted by Gasteiger charge is 2.73. The predicted molar refractivity (Wildman–Crippen MR) is 122 cm³/mol. The monoisotopic (exact) mass is 563 g/mol. The summed E-state index contributed by atoms with van der Waals surface area (Å²) in [4.78, 5) is 28.3. The summed E-state index contributed by atoms with van der Waals surface area (Å²) in [6, 6.07) is 6.23. The van der Waals surface area contributed by atoms with Crippen molar-refractivity contribution < 1.29 is 49.1 Å². The number of carbonyl (C=O) groups is 2. The number of hydrogen-bond acceptors (Lipinski definition) is 3. The average molecular weight is 563 g/mol. The van der Waals surface area contributed by atoms with Gasteiger partial charge < -0.3 is 10.6 Å². The number of aromatic nitrogens is 1. The zero-order chi connectivity index (χ0) is 29.3. The molecule has 0 unspecified atom stereocenters. The first-order valence-corrected chi connectivity index (χ1v) is 11.0. The van der Waals surface area contributed by atoms with Crippen LogP contribution >= 0.6 is 0 Å². The second-order valence-corrected chi connectivity index (χ2v) is 8.31. The van der Waals surface area contributed by atoms with E-state index in [4.69, 9.17) is 0 Å². The average Bonchev–Trinajstić information content (AvgIpc) is 2.83. The van der Waals surface area contributed by atoms with Crippen LogP contribution in [-0.4, -0.2) is 29.2 Å². The number of pyridine rings is 1. The molecule has 0 saturated carbocycles. The van der Waals surface area contributed by atoms with E-state index < -0.39 is 52.7 Å². The molecule has 208 valence electrons. The molecule has 5 nitrogen and oxygen atoms in total. The van der Waals surface area contributed by atoms with Crippen LogP contribution in [0.5, 0.6) is 0 Å². The van der Waals surface area contributed by atoms with Crippen LogP contribution in [0, 0.1) is 18.7 Å². The molecule has 0 aliphatic heterocycles. The third-order valence-electron chi connectivity index (χ3n) is 5.66. The van der Waals surface area contributed by atoms with E-state index in [1.54, 1.807) is 0 Å². The van der Waals surface area contributed by atoms with Crippen molar-refractivity contribution in [1.82, 2.24) is 4.98 Å². The van der Waals surface area contributed by atoms with Gasteiger partial charge in [-0.2, -0.15) is 30.7 Å². The van der Waals surface area contributed by atoms with Crippen LogP contribution in [0.4, 0.5) is 50.9 Å². The van der Waals surface area contributed by atoms with Crippen LogP contribution < -0.4 is 10.6 Å². The highest BCUT2D eigenvalue weighted by Crippen LogP contribution is 2.53. The second-order valence-electron chi connectivity index (χ2n) is 8.31. The molecule has 1 aromatic heterocycles. The van der Waals surface area contributed by atoms with Crippen LogP contribution in [-0.2, 0) is 12.1 Å². The largest absolute Gasteiger partial charge is 0.435 e. The molecular formula is C25H18F9N3O2. The van der Waals surface area contributed by atoms with Crippen molar-refractivity contribution in [1.29, 1.82) is 0 Å². The molecule has 0 atom stereocenters. The smallest absolute Gasteiger partial charge is 0.322 e. The van der Waals surface area contributed by atoms with Gasteiger partial charge in [0.1, 0.15) is 5.82 Å². The molecular weight excluding hydrogens is 545 g/mol. The molecule has 1 heterocycles. The Kier molecular flexibility index (Phi) is 7.99. The summed E-state index contributed by atoms with van der Waals surface area (Å²) < 4.78 is 121. The van der Waals surface area contributed by atoms with Gasteiger partial charge in [0.2, 0.25) is 5.95 Å².